The van der Waals surface area contributed by atoms with Crippen LogP contribution in [0.1, 0.15) is 16.1 Å². The number of aromatic amines is 2. The van der Waals surface area contributed by atoms with Gasteiger partial charge < -0.3 is 37.0 Å². The highest BCUT2D eigenvalue weighted by Gasteiger charge is 2.16. The van der Waals surface area contributed by atoms with E-state index in [1.165, 1.54) is 0 Å². The minimum atomic E-state index is -0.415. The molecule has 4 aromatic rings. The van der Waals surface area contributed by atoms with E-state index in [1.807, 2.05) is 24.3 Å². The van der Waals surface area contributed by atoms with Gasteiger partial charge in [0.25, 0.3) is 5.91 Å². The van der Waals surface area contributed by atoms with Gasteiger partial charge in [0.1, 0.15) is 6.54 Å². The fourth-order valence-corrected chi connectivity index (χ4v) is 4.23. The van der Waals surface area contributed by atoms with Gasteiger partial charge in [0.2, 0.25) is 5.91 Å². The average molecular weight is 644 g/mol. The summed E-state index contributed by atoms with van der Waals surface area (Å²) in [6, 6.07) is 12.7. The van der Waals surface area contributed by atoms with E-state index in [0.29, 0.717) is 70.3 Å². The topological polar surface area (TPSA) is 183 Å². The summed E-state index contributed by atoms with van der Waals surface area (Å²) in [5.74, 6) is 1.33. The number of amides is 2. The van der Waals surface area contributed by atoms with E-state index in [9.17, 15) is 9.59 Å². The molecular weight excluding hydrogens is 614 g/mol. The zero-order chi connectivity index (χ0) is 27.9. The highest BCUT2D eigenvalue weighted by Crippen LogP contribution is 2.23. The number of guanidine groups is 1. The maximum atomic E-state index is 12.9. The molecule has 0 saturated carbocycles. The average Bonchev–Trinajstić information content (AvgIpc) is 3.50. The lowest BCUT2D eigenvalue weighted by molar-refractivity contribution is -0.114. The van der Waals surface area contributed by atoms with E-state index in [2.05, 4.69) is 40.5 Å². The number of nitrogens with zero attached hydrogens (tertiary/aromatic N) is 4. The summed E-state index contributed by atoms with van der Waals surface area (Å²) >= 11 is 11.8. The molecule has 0 aliphatic rings. The van der Waals surface area contributed by atoms with Crippen LogP contribution < -0.4 is 27.0 Å². The summed E-state index contributed by atoms with van der Waals surface area (Å²) in [6.45, 7) is 2.90. The van der Waals surface area contributed by atoms with Crippen LogP contribution in [0.2, 0.25) is 0 Å². The summed E-state index contributed by atoms with van der Waals surface area (Å²) in [6.07, 6.45) is 0. The molecule has 16 heteroatoms. The van der Waals surface area contributed by atoms with Crippen molar-refractivity contribution >= 4 is 94.0 Å². The number of benzene rings is 2. The fraction of sp³-hybridized carbons (Fsp3) is 0.240. The summed E-state index contributed by atoms with van der Waals surface area (Å²) in [5, 5.41) is 5.56. The van der Waals surface area contributed by atoms with Gasteiger partial charge in [-0.3, -0.25) is 9.59 Å². The molecule has 8 N–H and O–H groups in total. The number of carbonyl (C=O) groups excluding carboxylic acids is 2. The number of H-pyrrole nitrogens is 2. The molecule has 0 atom stereocenters. The van der Waals surface area contributed by atoms with Gasteiger partial charge in [-0.1, -0.05) is 0 Å². The number of alkyl halides is 2. The lowest BCUT2D eigenvalue weighted by atomic mass is 10.2. The van der Waals surface area contributed by atoms with Crippen LogP contribution in [0.3, 0.4) is 0 Å². The number of hydrogen-bond donors (Lipinski definition) is 6. The molecule has 0 radical (unpaired) electrons. The first-order chi connectivity index (χ1) is 18.8. The maximum absolute atomic E-state index is 12.9. The van der Waals surface area contributed by atoms with Crippen molar-refractivity contribution in [1.29, 1.82) is 0 Å². The molecule has 0 unspecified atom stereocenters. The number of rotatable bonds is 11. The number of aromatic nitrogens is 4. The zero-order valence-electron chi connectivity index (χ0n) is 21.9. The summed E-state index contributed by atoms with van der Waals surface area (Å²) in [4.78, 5) is 45.9. The van der Waals surface area contributed by atoms with Crippen LogP contribution in [0.5, 0.6) is 0 Å². The summed E-state index contributed by atoms with van der Waals surface area (Å²) in [7, 11) is 0. The lowest BCUT2D eigenvalue weighted by Crippen LogP contribution is -2.27. The number of nitrogens with one attached hydrogen (secondary N) is 4. The van der Waals surface area contributed by atoms with E-state index >= 15 is 0 Å². The van der Waals surface area contributed by atoms with Crippen LogP contribution in [0.25, 0.3) is 22.7 Å². The second-order valence-corrected chi connectivity index (χ2v) is 9.29. The van der Waals surface area contributed by atoms with Crippen molar-refractivity contribution in [2.24, 2.45) is 16.5 Å². The Morgan fingerprint density at radius 2 is 1.61 bits per heavy atom. The number of nitrogens with two attached hydrogens (primary N) is 2. The van der Waals surface area contributed by atoms with E-state index in [1.54, 1.807) is 25.1 Å². The highest BCUT2D eigenvalue weighted by molar-refractivity contribution is 6.18. The molecule has 2 aromatic heterocycles. The SMILES string of the molecule is Cc1[nH]c(-c2nc3ccc(C(=O)Nc4ccc(N(CCCl)CCCl)cc4)cc3[nH]2)nc1NC(=O)CN=C(N)N.Cl.Cl. The van der Waals surface area contributed by atoms with Crippen molar-refractivity contribution in [3.63, 3.8) is 0 Å². The van der Waals surface area contributed by atoms with E-state index in [-0.39, 0.29) is 43.2 Å². The van der Waals surface area contributed by atoms with Gasteiger partial charge >= 0.3 is 0 Å². The molecule has 4 rings (SSSR count). The lowest BCUT2D eigenvalue weighted by Gasteiger charge is -2.23. The van der Waals surface area contributed by atoms with E-state index < -0.39 is 5.91 Å². The molecule has 2 heterocycles. The maximum Gasteiger partial charge on any atom is 0.255 e. The number of fused-ring (bicyclic) bond motifs is 1. The Bertz CT molecular complexity index is 1490. The Labute approximate surface area is 258 Å². The van der Waals surface area contributed by atoms with Gasteiger partial charge in [0.05, 0.1) is 16.7 Å². The van der Waals surface area contributed by atoms with Crippen molar-refractivity contribution in [3.8, 4) is 11.6 Å². The smallest absolute Gasteiger partial charge is 0.255 e. The predicted molar refractivity (Wildman–Crippen MR) is 170 cm³/mol. The normalized spacial score (nSPS) is 10.3. The molecule has 0 bridgehead atoms. The number of aliphatic imine (C=N–C) groups is 1. The Hall–Kier alpha value is -3.71. The second kappa shape index (κ2) is 15.3. The van der Waals surface area contributed by atoms with Gasteiger partial charge in [0.15, 0.2) is 23.4 Å². The summed E-state index contributed by atoms with van der Waals surface area (Å²) < 4.78 is 0. The molecule has 0 aliphatic heterocycles. The fourth-order valence-electron chi connectivity index (χ4n) is 3.82. The third kappa shape index (κ3) is 8.64. The van der Waals surface area contributed by atoms with E-state index in [0.717, 1.165) is 5.69 Å². The molecule has 0 fully saturated rings. The van der Waals surface area contributed by atoms with Crippen LogP contribution >= 0.6 is 48.0 Å². The second-order valence-electron chi connectivity index (χ2n) is 8.53. The Balaban J connectivity index is 0.00000294. The Morgan fingerprint density at radius 3 is 2.24 bits per heavy atom. The largest absolute Gasteiger partial charge is 0.370 e. The number of anilines is 3. The van der Waals surface area contributed by atoms with Crippen LogP contribution in [-0.4, -0.2) is 69.1 Å². The van der Waals surface area contributed by atoms with Gasteiger partial charge in [0, 0.05) is 41.8 Å². The number of halogens is 4. The van der Waals surface area contributed by atoms with Crippen molar-refractivity contribution in [3.05, 3.63) is 53.7 Å². The molecule has 2 aromatic carbocycles. The van der Waals surface area contributed by atoms with Crippen LogP contribution in [0.4, 0.5) is 17.2 Å². The monoisotopic (exact) mass is 642 g/mol. The highest BCUT2D eigenvalue weighted by atomic mass is 35.5. The zero-order valence-corrected chi connectivity index (χ0v) is 25.1. The van der Waals surface area contributed by atoms with Crippen molar-refractivity contribution in [1.82, 2.24) is 19.9 Å². The Kier molecular flexibility index (Phi) is 12.5. The summed E-state index contributed by atoms with van der Waals surface area (Å²) in [5.41, 5.74) is 14.5. The molecule has 41 heavy (non-hydrogen) atoms. The van der Waals surface area contributed by atoms with Crippen molar-refractivity contribution < 1.29 is 9.59 Å². The predicted octanol–water partition coefficient (Wildman–Crippen LogP) is 3.85. The molecular formula is C25H30Cl4N10O2. The first kappa shape index (κ1) is 33.5. The molecule has 0 aliphatic carbocycles. The van der Waals surface area contributed by atoms with Gasteiger partial charge in [-0.15, -0.1) is 48.0 Å². The van der Waals surface area contributed by atoms with E-state index in [4.69, 9.17) is 34.7 Å². The third-order valence-corrected chi connectivity index (χ3v) is 6.05. The van der Waals surface area contributed by atoms with Gasteiger partial charge in [-0.2, -0.15) is 0 Å². The first-order valence-corrected chi connectivity index (χ1v) is 13.0. The molecule has 12 nitrogen and oxygen atoms in total. The molecule has 220 valence electrons. The number of carbonyl (C=O) groups is 2. The number of imidazole rings is 2. The first-order valence-electron chi connectivity index (χ1n) is 12.0. The van der Waals surface area contributed by atoms with Crippen LogP contribution in [0, 0.1) is 6.92 Å². The third-order valence-electron chi connectivity index (χ3n) is 5.72. The molecule has 2 amide bonds. The molecule has 0 spiro atoms. The van der Waals surface area contributed by atoms with Crippen molar-refractivity contribution in [2.45, 2.75) is 6.92 Å². The number of aryl methyl sites for hydroxylation is 1. The van der Waals surface area contributed by atoms with Gasteiger partial charge in [-0.25, -0.2) is 15.0 Å². The minimum absolute atomic E-state index is 0. The Morgan fingerprint density at radius 1 is 0.951 bits per heavy atom. The standard InChI is InChI=1S/C25H28Cl2N10O2.2ClH/c1-14-21(35-20(38)13-30-25(28)29)36-22(31-14)23-33-18-7-2-15(12-19(18)34-23)24(39)32-16-3-5-17(6-4-16)37(10-8-26)11-9-27;;/h2-7,12H,8-11,13H2,1H3,(H,31,36)(H,32,39)(H,33,34)(H,35,38)(H4,28,29,30);2*1H. The van der Waals surface area contributed by atoms with Crippen LogP contribution in [0.15, 0.2) is 47.5 Å². The van der Waals surface area contributed by atoms with Crippen LogP contribution in [-0.2, 0) is 4.79 Å². The number of hydrogen-bond acceptors (Lipinski definition) is 6. The van der Waals surface area contributed by atoms with Crippen molar-refractivity contribution in [2.75, 3.05) is 46.9 Å². The quantitative estimate of drug-likeness (QED) is 0.0814. The minimum Gasteiger partial charge on any atom is -0.370 e. The molecule has 0 saturated heterocycles. The van der Waals surface area contributed by atoms with Gasteiger partial charge in [-0.05, 0) is 49.4 Å².